The third-order valence-corrected chi connectivity index (χ3v) is 16.0. The third kappa shape index (κ3) is 18.2. The molecule has 0 radical (unpaired) electrons. The predicted octanol–water partition coefficient (Wildman–Crippen LogP) is 11.9. The zero-order valence-corrected chi connectivity index (χ0v) is 49.1. The smallest absolute Gasteiger partial charge is 0.481 e. The van der Waals surface area contributed by atoms with Crippen LogP contribution in [-0.2, 0) is 38.2 Å². The molecule has 4 aliphatic rings. The molecule has 4 aliphatic heterocycles. The Bertz CT molecular complexity index is 2710. The van der Waals surface area contributed by atoms with Gasteiger partial charge in [0.15, 0.2) is 0 Å². The van der Waals surface area contributed by atoms with Gasteiger partial charge in [-0.15, -0.1) is 0 Å². The number of carbonyl (C=O) groups excluding carboxylic acids is 2. The van der Waals surface area contributed by atoms with Gasteiger partial charge in [-0.25, -0.2) is 9.59 Å². The summed E-state index contributed by atoms with van der Waals surface area (Å²) < 4.78 is 75.7. The number of carboxylic acids is 4. The molecule has 16 nitrogen and oxygen atoms in total. The number of amides is 2. The van der Waals surface area contributed by atoms with Crippen LogP contribution in [0.3, 0.4) is 0 Å². The highest BCUT2D eigenvalue weighted by atomic mass is 35.5. The van der Waals surface area contributed by atoms with E-state index in [1.54, 1.807) is 13.8 Å². The molecular weight excluding hydrogens is 1200 g/mol. The van der Waals surface area contributed by atoms with Crippen molar-refractivity contribution in [3.05, 3.63) is 139 Å². The number of carbonyl (C=O) groups is 6. The van der Waals surface area contributed by atoms with Gasteiger partial charge in [-0.2, -0.15) is 26.3 Å². The van der Waals surface area contributed by atoms with Crippen molar-refractivity contribution in [2.24, 2.45) is 10.8 Å². The number of carboxylic acid groups (broad SMARTS) is 4. The van der Waals surface area contributed by atoms with Crippen molar-refractivity contribution in [1.29, 1.82) is 0 Å². The summed E-state index contributed by atoms with van der Waals surface area (Å²) in [6.07, 6.45) is -8.91. The number of likely N-dealkylation sites (tertiary alicyclic amines) is 2. The fourth-order valence-electron chi connectivity index (χ4n) is 11.4. The first kappa shape index (κ1) is 69.1. The minimum absolute atomic E-state index is 0.154. The molecule has 8 rings (SSSR count). The number of halogens is 10. The van der Waals surface area contributed by atoms with Gasteiger partial charge in [0.2, 0.25) is 11.8 Å². The van der Waals surface area contributed by atoms with E-state index in [1.807, 2.05) is 121 Å². The lowest BCUT2D eigenvalue weighted by atomic mass is 9.66. The minimum atomic E-state index is -5.08. The number of piperidine rings is 2. The second-order valence-electron chi connectivity index (χ2n) is 21.2. The fourth-order valence-corrected chi connectivity index (χ4v) is 12.1. The highest BCUT2D eigenvalue weighted by molar-refractivity contribution is 6.31. The van der Waals surface area contributed by atoms with Crippen LogP contribution in [-0.4, -0.2) is 142 Å². The number of hydrogen-bond acceptors (Lipinski definition) is 10. The van der Waals surface area contributed by atoms with Crippen molar-refractivity contribution in [2.45, 2.75) is 127 Å². The van der Waals surface area contributed by atoms with Crippen LogP contribution >= 0.6 is 46.4 Å². The standard InChI is InChI=1S/2C27H32Cl2N2O4.2C2HF3O2/c2*1-3-22(23-16-30-11-12-35-23)31-25(17-7-9-19(28)10-8-17)21(18-5-4-6-20(29)13-18)14-27(2,26(31)34)15-24(32)33;2*3-2(4,5)1(6)7/h2*4-10,13,21-23,25,30H,3,11-12,14-16H2,1-2H3,(H,32,33);2*(H,6,7)/t21-,22-,23+,25-,27-;21-,22-,23-,25-,27-;;/m11../s1. The number of hydrogen-bond donors (Lipinski definition) is 6. The molecule has 4 fully saturated rings. The van der Waals surface area contributed by atoms with E-state index in [4.69, 9.17) is 75.7 Å². The van der Waals surface area contributed by atoms with Gasteiger partial charge < -0.3 is 50.3 Å². The SMILES string of the molecule is CC[C@H]([C@@H]1CNCCO1)N1C(=O)[C@@](C)(CC(=O)O)C[C@H](c2cccc(Cl)c2)[C@H]1c1ccc(Cl)cc1.CC[C@H]([C@H]1CNCCO1)N1C(=O)[C@@](C)(CC(=O)O)C[C@H](c2cccc(Cl)c2)[C@H]1c1ccc(Cl)cc1.O=C(O)C(F)(F)F.O=C(O)C(F)(F)F. The van der Waals surface area contributed by atoms with E-state index >= 15 is 0 Å². The van der Waals surface area contributed by atoms with Gasteiger partial charge in [-0.3, -0.25) is 19.2 Å². The van der Waals surface area contributed by atoms with Gasteiger partial charge in [0.25, 0.3) is 0 Å². The molecular formula is C58H66Cl4F6N4O12. The molecule has 10 atom stereocenters. The maximum absolute atomic E-state index is 14.3. The summed E-state index contributed by atoms with van der Waals surface area (Å²) >= 11 is 25.2. The van der Waals surface area contributed by atoms with Crippen LogP contribution in [0.15, 0.2) is 97.1 Å². The molecule has 4 aromatic carbocycles. The zero-order chi connectivity index (χ0) is 62.5. The third-order valence-electron chi connectivity index (χ3n) is 15.1. The van der Waals surface area contributed by atoms with E-state index in [9.17, 15) is 55.7 Å². The van der Waals surface area contributed by atoms with Crippen LogP contribution in [0.1, 0.15) is 112 Å². The van der Waals surface area contributed by atoms with Gasteiger partial charge in [0.05, 0.1) is 73.3 Å². The van der Waals surface area contributed by atoms with Crippen LogP contribution < -0.4 is 10.6 Å². The van der Waals surface area contributed by atoms with E-state index in [0.29, 0.717) is 72.1 Å². The van der Waals surface area contributed by atoms with Crippen molar-refractivity contribution in [2.75, 3.05) is 39.4 Å². The lowest BCUT2D eigenvalue weighted by Crippen LogP contribution is -2.61. The molecule has 26 heteroatoms. The van der Waals surface area contributed by atoms with Crippen molar-refractivity contribution >= 4 is 82.1 Å². The molecule has 84 heavy (non-hydrogen) atoms. The van der Waals surface area contributed by atoms with Crippen LogP contribution in [0.25, 0.3) is 0 Å². The number of rotatable bonds is 14. The number of alkyl halides is 6. The Labute approximate surface area is 501 Å². The molecule has 4 aromatic rings. The average molecular weight is 1270 g/mol. The molecule has 0 aromatic heterocycles. The van der Waals surface area contributed by atoms with Crippen molar-refractivity contribution < 1.29 is 85.0 Å². The van der Waals surface area contributed by atoms with Gasteiger partial charge >= 0.3 is 36.2 Å². The molecule has 4 heterocycles. The van der Waals surface area contributed by atoms with Gasteiger partial charge in [0, 0.05) is 58.1 Å². The molecule has 2 amide bonds. The van der Waals surface area contributed by atoms with Crippen molar-refractivity contribution in [3.63, 3.8) is 0 Å². The lowest BCUT2D eigenvalue weighted by Gasteiger charge is -2.53. The second-order valence-corrected chi connectivity index (χ2v) is 22.9. The first-order valence-corrected chi connectivity index (χ1v) is 28.2. The Morgan fingerprint density at radius 2 is 0.881 bits per heavy atom. The van der Waals surface area contributed by atoms with Crippen molar-refractivity contribution in [1.82, 2.24) is 20.4 Å². The normalized spacial score (nSPS) is 25.3. The fraction of sp³-hybridized carbons (Fsp3) is 0.483. The maximum Gasteiger partial charge on any atom is 0.490 e. The molecule has 460 valence electrons. The number of morpholine rings is 2. The van der Waals surface area contributed by atoms with Gasteiger partial charge in [-0.05, 0) is 96.5 Å². The summed E-state index contributed by atoms with van der Waals surface area (Å²) in [4.78, 5) is 74.0. The zero-order valence-electron chi connectivity index (χ0n) is 46.1. The van der Waals surface area contributed by atoms with E-state index in [-0.39, 0.29) is 72.9 Å². The number of ether oxygens (including phenoxy) is 2. The van der Waals surface area contributed by atoms with E-state index in [1.165, 1.54) is 0 Å². The summed E-state index contributed by atoms with van der Waals surface area (Å²) in [6.45, 7) is 11.6. The van der Waals surface area contributed by atoms with Gasteiger partial charge in [-0.1, -0.05) is 123 Å². The monoisotopic (exact) mass is 1260 g/mol. The van der Waals surface area contributed by atoms with E-state index < -0.39 is 47.1 Å². The van der Waals surface area contributed by atoms with E-state index in [2.05, 4.69) is 10.6 Å². The lowest BCUT2D eigenvalue weighted by molar-refractivity contribution is -0.193. The molecule has 0 bridgehead atoms. The van der Waals surface area contributed by atoms with Crippen molar-refractivity contribution in [3.8, 4) is 0 Å². The van der Waals surface area contributed by atoms with Crippen LogP contribution in [0.4, 0.5) is 26.3 Å². The Hall–Kier alpha value is -5.72. The highest BCUT2D eigenvalue weighted by Gasteiger charge is 2.55. The van der Waals surface area contributed by atoms with Crippen LogP contribution in [0, 0.1) is 10.8 Å². The van der Waals surface area contributed by atoms with Gasteiger partial charge in [0.1, 0.15) is 0 Å². The summed E-state index contributed by atoms with van der Waals surface area (Å²) in [5, 5.41) is 42.9. The predicted molar refractivity (Wildman–Crippen MR) is 301 cm³/mol. The summed E-state index contributed by atoms with van der Waals surface area (Å²) in [6, 6.07) is 29.3. The first-order valence-electron chi connectivity index (χ1n) is 26.7. The number of nitrogens with one attached hydrogen (secondary N) is 2. The Kier molecular flexibility index (Phi) is 24.7. The van der Waals surface area contributed by atoms with Crippen LogP contribution in [0.2, 0.25) is 20.1 Å². The largest absolute Gasteiger partial charge is 0.490 e. The van der Waals surface area contributed by atoms with Crippen LogP contribution in [0.5, 0.6) is 0 Å². The summed E-state index contributed by atoms with van der Waals surface area (Å²) in [5.41, 5.74) is 1.71. The first-order chi connectivity index (χ1) is 39.3. The molecule has 0 aliphatic carbocycles. The minimum Gasteiger partial charge on any atom is -0.481 e. The maximum atomic E-state index is 14.3. The second kappa shape index (κ2) is 30.1. The topological polar surface area (TPSA) is 232 Å². The molecule has 0 saturated carbocycles. The quantitative estimate of drug-likeness (QED) is 0.0645. The molecule has 0 spiro atoms. The Morgan fingerprint density at radius 3 is 1.13 bits per heavy atom. The number of nitrogens with zero attached hydrogens (tertiary/aromatic N) is 2. The Balaban J connectivity index is 0.000000250. The van der Waals surface area contributed by atoms with E-state index in [0.717, 1.165) is 35.3 Å². The number of benzene rings is 4. The summed E-state index contributed by atoms with van der Waals surface area (Å²) in [5.74, 6) is -8.12. The molecule has 4 saturated heterocycles. The average Bonchev–Trinajstić information content (AvgIpc) is 0.833. The Morgan fingerprint density at radius 1 is 0.560 bits per heavy atom. The molecule has 0 unspecified atom stereocenters. The summed E-state index contributed by atoms with van der Waals surface area (Å²) in [7, 11) is 0. The highest BCUT2D eigenvalue weighted by Crippen LogP contribution is 2.54. The number of aliphatic carboxylic acids is 4. The molecule has 6 N–H and O–H groups in total.